The topological polar surface area (TPSA) is 62.3 Å². The third kappa shape index (κ3) is 4.41. The van der Waals surface area contributed by atoms with E-state index in [0.717, 1.165) is 49.8 Å². The van der Waals surface area contributed by atoms with Gasteiger partial charge in [0.25, 0.3) is 0 Å². The summed E-state index contributed by atoms with van der Waals surface area (Å²) in [6.07, 6.45) is 4.61. The summed E-state index contributed by atoms with van der Waals surface area (Å²) < 4.78 is 27.8. The molecule has 1 aliphatic heterocycles. The quantitative estimate of drug-likeness (QED) is 0.623. The first kappa shape index (κ1) is 19.1. The van der Waals surface area contributed by atoms with Crippen LogP contribution in [-0.4, -0.2) is 37.9 Å². The average Bonchev–Trinajstić information content (AvgIpc) is 2.73. The smallest absolute Gasteiger partial charge is 0.240 e. The number of pyridine rings is 1. The van der Waals surface area contributed by atoms with Gasteiger partial charge in [0.1, 0.15) is 0 Å². The first-order valence-electron chi connectivity index (χ1n) is 9.75. The second-order valence-corrected chi connectivity index (χ2v) is 9.02. The normalized spacial score (nSPS) is 14.9. The molecule has 0 bridgehead atoms. The summed E-state index contributed by atoms with van der Waals surface area (Å²) in [6.45, 7) is 3.52. The molecule has 2 heterocycles. The fourth-order valence-corrected chi connectivity index (χ4v) is 4.83. The Bertz CT molecular complexity index is 1070. The fraction of sp³-hybridized carbons (Fsp3) is 0.318. The zero-order valence-corrected chi connectivity index (χ0v) is 16.7. The monoisotopic (exact) mass is 395 g/mol. The van der Waals surface area contributed by atoms with Crippen LogP contribution in [0.25, 0.3) is 10.9 Å². The summed E-state index contributed by atoms with van der Waals surface area (Å²) in [7, 11) is -3.49. The van der Waals surface area contributed by atoms with Crippen LogP contribution in [-0.2, 0) is 23.0 Å². The van der Waals surface area contributed by atoms with Gasteiger partial charge in [-0.25, -0.2) is 13.1 Å². The van der Waals surface area contributed by atoms with Crippen LogP contribution >= 0.6 is 0 Å². The Kier molecular flexibility index (Phi) is 5.71. The Hall–Kier alpha value is -2.28. The van der Waals surface area contributed by atoms with Crippen LogP contribution in [0.15, 0.2) is 65.7 Å². The van der Waals surface area contributed by atoms with Crippen LogP contribution in [0.3, 0.4) is 0 Å². The van der Waals surface area contributed by atoms with Gasteiger partial charge in [-0.05, 0) is 61.2 Å². The van der Waals surface area contributed by atoms with Crippen molar-refractivity contribution in [3.63, 3.8) is 0 Å². The minimum atomic E-state index is -3.49. The number of fused-ring (bicyclic) bond motifs is 2. The van der Waals surface area contributed by atoms with Gasteiger partial charge in [0.05, 0.1) is 10.4 Å². The van der Waals surface area contributed by atoms with Gasteiger partial charge in [-0.1, -0.05) is 30.3 Å². The van der Waals surface area contributed by atoms with Gasteiger partial charge >= 0.3 is 0 Å². The molecular formula is C22H25N3O2S. The molecule has 0 spiro atoms. The van der Waals surface area contributed by atoms with Crippen molar-refractivity contribution in [2.45, 2.75) is 30.7 Å². The summed E-state index contributed by atoms with van der Waals surface area (Å²) >= 11 is 0. The molecular weight excluding hydrogens is 370 g/mol. The third-order valence-corrected chi connectivity index (χ3v) is 6.75. The SMILES string of the molecule is O=S(=O)(NCCCCN1CCc2ccccc2C1)c1ccc2ncccc2c1. The summed E-state index contributed by atoms with van der Waals surface area (Å²) in [5, 5.41) is 0.829. The van der Waals surface area contributed by atoms with E-state index in [0.29, 0.717) is 11.4 Å². The Labute approximate surface area is 166 Å². The molecule has 0 unspecified atom stereocenters. The van der Waals surface area contributed by atoms with E-state index in [1.165, 1.54) is 11.1 Å². The average molecular weight is 396 g/mol. The molecule has 6 heteroatoms. The minimum Gasteiger partial charge on any atom is -0.299 e. The van der Waals surface area contributed by atoms with Crippen molar-refractivity contribution >= 4 is 20.9 Å². The lowest BCUT2D eigenvalue weighted by Crippen LogP contribution is -2.32. The van der Waals surface area contributed by atoms with Crippen LogP contribution in [0.4, 0.5) is 0 Å². The van der Waals surface area contributed by atoms with Gasteiger partial charge in [-0.15, -0.1) is 0 Å². The van der Waals surface area contributed by atoms with E-state index in [2.05, 4.69) is 38.9 Å². The first-order valence-corrected chi connectivity index (χ1v) is 11.2. The van der Waals surface area contributed by atoms with Gasteiger partial charge in [-0.3, -0.25) is 9.88 Å². The molecule has 0 saturated heterocycles. The maximum Gasteiger partial charge on any atom is 0.240 e. The Morgan fingerprint density at radius 3 is 2.75 bits per heavy atom. The molecule has 0 amide bonds. The number of rotatable bonds is 7. The lowest BCUT2D eigenvalue weighted by molar-refractivity contribution is 0.249. The Morgan fingerprint density at radius 2 is 1.86 bits per heavy atom. The molecule has 28 heavy (non-hydrogen) atoms. The Morgan fingerprint density at radius 1 is 1.00 bits per heavy atom. The predicted molar refractivity (Wildman–Crippen MR) is 112 cm³/mol. The van der Waals surface area contributed by atoms with E-state index >= 15 is 0 Å². The zero-order valence-electron chi connectivity index (χ0n) is 15.8. The molecule has 1 aromatic heterocycles. The van der Waals surface area contributed by atoms with Crippen molar-refractivity contribution in [1.82, 2.24) is 14.6 Å². The van der Waals surface area contributed by atoms with Gasteiger partial charge in [0, 0.05) is 31.2 Å². The largest absolute Gasteiger partial charge is 0.299 e. The number of nitrogens with zero attached hydrogens (tertiary/aromatic N) is 2. The van der Waals surface area contributed by atoms with E-state index in [9.17, 15) is 8.42 Å². The highest BCUT2D eigenvalue weighted by Gasteiger charge is 2.16. The highest BCUT2D eigenvalue weighted by atomic mass is 32.2. The highest BCUT2D eigenvalue weighted by Crippen LogP contribution is 2.19. The van der Waals surface area contributed by atoms with Crippen molar-refractivity contribution in [2.24, 2.45) is 0 Å². The number of hydrogen-bond donors (Lipinski definition) is 1. The number of hydrogen-bond acceptors (Lipinski definition) is 4. The van der Waals surface area contributed by atoms with E-state index in [1.807, 2.05) is 12.1 Å². The van der Waals surface area contributed by atoms with Crippen molar-refractivity contribution in [3.05, 3.63) is 71.9 Å². The molecule has 0 aliphatic carbocycles. The fourth-order valence-electron chi connectivity index (χ4n) is 3.72. The molecule has 2 aromatic carbocycles. The minimum absolute atomic E-state index is 0.292. The van der Waals surface area contributed by atoms with Gasteiger partial charge < -0.3 is 0 Å². The highest BCUT2D eigenvalue weighted by molar-refractivity contribution is 7.89. The number of aromatic nitrogens is 1. The lowest BCUT2D eigenvalue weighted by atomic mass is 10.00. The molecule has 0 radical (unpaired) electrons. The molecule has 3 aromatic rings. The number of nitrogens with one attached hydrogen (secondary N) is 1. The maximum absolute atomic E-state index is 12.5. The standard InChI is InChI=1S/C22H25N3O2S/c26-28(27,21-9-10-22-19(16-21)8-5-12-23-22)24-13-3-4-14-25-15-11-18-6-1-2-7-20(18)17-25/h1-2,5-10,12,16,24H,3-4,11,13-15,17H2. The summed E-state index contributed by atoms with van der Waals surface area (Å²) in [4.78, 5) is 6.97. The maximum atomic E-state index is 12.5. The molecule has 0 saturated carbocycles. The van der Waals surface area contributed by atoms with E-state index in [4.69, 9.17) is 0 Å². The van der Waals surface area contributed by atoms with Gasteiger partial charge in [-0.2, -0.15) is 0 Å². The molecule has 4 rings (SSSR count). The number of benzene rings is 2. The second kappa shape index (κ2) is 8.39. The summed E-state index contributed by atoms with van der Waals surface area (Å²) in [6, 6.07) is 17.3. The van der Waals surface area contributed by atoms with E-state index in [1.54, 1.807) is 24.4 Å². The van der Waals surface area contributed by atoms with Crippen LogP contribution in [0, 0.1) is 0 Å². The van der Waals surface area contributed by atoms with Crippen LogP contribution in [0.5, 0.6) is 0 Å². The molecule has 146 valence electrons. The van der Waals surface area contributed by atoms with Crippen LogP contribution in [0.1, 0.15) is 24.0 Å². The van der Waals surface area contributed by atoms with Crippen molar-refractivity contribution in [2.75, 3.05) is 19.6 Å². The second-order valence-electron chi connectivity index (χ2n) is 7.26. The van der Waals surface area contributed by atoms with Crippen LogP contribution < -0.4 is 4.72 Å². The van der Waals surface area contributed by atoms with Gasteiger partial charge in [0.2, 0.25) is 10.0 Å². The van der Waals surface area contributed by atoms with Crippen molar-refractivity contribution in [1.29, 1.82) is 0 Å². The summed E-state index contributed by atoms with van der Waals surface area (Å²) in [5.41, 5.74) is 3.67. The van der Waals surface area contributed by atoms with E-state index in [-0.39, 0.29) is 0 Å². The number of unbranched alkanes of at least 4 members (excludes halogenated alkanes) is 1. The van der Waals surface area contributed by atoms with Crippen molar-refractivity contribution < 1.29 is 8.42 Å². The third-order valence-electron chi connectivity index (χ3n) is 5.29. The lowest BCUT2D eigenvalue weighted by Gasteiger charge is -2.28. The molecule has 5 nitrogen and oxygen atoms in total. The Balaban J connectivity index is 1.25. The van der Waals surface area contributed by atoms with Crippen LogP contribution in [0.2, 0.25) is 0 Å². The predicted octanol–water partition coefficient (Wildman–Crippen LogP) is 3.35. The molecule has 0 atom stereocenters. The first-order chi connectivity index (χ1) is 13.6. The zero-order chi connectivity index (χ0) is 19.4. The number of sulfonamides is 1. The molecule has 1 aliphatic rings. The van der Waals surface area contributed by atoms with Gasteiger partial charge in [0.15, 0.2) is 0 Å². The van der Waals surface area contributed by atoms with Crippen molar-refractivity contribution in [3.8, 4) is 0 Å². The molecule has 1 N–H and O–H groups in total. The molecule has 0 fully saturated rings. The van der Waals surface area contributed by atoms with E-state index < -0.39 is 10.0 Å². The summed E-state index contributed by atoms with van der Waals surface area (Å²) in [5.74, 6) is 0.